The van der Waals surface area contributed by atoms with E-state index in [0.29, 0.717) is 159 Å². The molecule has 13 rings (SSSR count). The molecule has 0 aliphatic heterocycles. The average molecular weight is 1260 g/mol. The number of methoxy groups -OCH3 is 3. The minimum Gasteiger partial charge on any atom is -0.488 e. The quantitative estimate of drug-likeness (QED) is 0.0364. The average Bonchev–Trinajstić information content (AvgIpc) is 1.71. The van der Waals surface area contributed by atoms with Crippen molar-refractivity contribution in [3.05, 3.63) is 108 Å². The maximum Gasteiger partial charge on any atom is 0.226 e. The zero-order valence-electron chi connectivity index (χ0n) is 51.5. The van der Waals surface area contributed by atoms with Crippen molar-refractivity contribution in [1.82, 2.24) is 74.6 Å². The minimum absolute atomic E-state index is 0.115. The van der Waals surface area contributed by atoms with E-state index in [2.05, 4.69) is 61.0 Å². The molecule has 0 spiro atoms. The van der Waals surface area contributed by atoms with Gasteiger partial charge in [0, 0.05) is 71.8 Å². The number of aromatic nitrogens is 15. The molecule has 0 radical (unpaired) electrons. The lowest BCUT2D eigenvalue weighted by Crippen LogP contribution is -2.47. The van der Waals surface area contributed by atoms with Crippen LogP contribution >= 0.6 is 0 Å². The highest BCUT2D eigenvalue weighted by Crippen LogP contribution is 2.49. The van der Waals surface area contributed by atoms with Crippen LogP contribution in [0.4, 0.5) is 34.9 Å². The van der Waals surface area contributed by atoms with Crippen LogP contribution in [-0.4, -0.2) is 132 Å². The summed E-state index contributed by atoms with van der Waals surface area (Å²) in [6.45, 7) is 3.72. The Hall–Kier alpha value is -11.1. The smallest absolute Gasteiger partial charge is 0.226 e. The molecule has 10 N–H and O–H groups in total. The first kappa shape index (κ1) is 60.8. The second-order valence-electron chi connectivity index (χ2n) is 23.4. The number of H-pyrrole nitrogens is 1. The number of hydrogen-bond acceptors (Lipinski definition) is 27. The minimum atomic E-state index is -0.527. The van der Waals surface area contributed by atoms with Gasteiger partial charge in [0.2, 0.25) is 17.6 Å². The van der Waals surface area contributed by atoms with Gasteiger partial charge in [0.15, 0.2) is 34.5 Å². The predicted molar refractivity (Wildman–Crippen MR) is 336 cm³/mol. The van der Waals surface area contributed by atoms with Gasteiger partial charge in [0.25, 0.3) is 0 Å². The van der Waals surface area contributed by atoms with Crippen molar-refractivity contribution in [3.63, 3.8) is 0 Å². The van der Waals surface area contributed by atoms with Crippen LogP contribution < -0.4 is 61.6 Å². The zero-order valence-corrected chi connectivity index (χ0v) is 51.5. The summed E-state index contributed by atoms with van der Waals surface area (Å²) in [4.78, 5) is 40.3. The molecule has 4 saturated carbocycles. The van der Waals surface area contributed by atoms with Gasteiger partial charge in [-0.15, -0.1) is 0 Å². The number of hydrogen-bond donors (Lipinski definition) is 7. The third-order valence-electron chi connectivity index (χ3n) is 17.0. The number of aromatic amines is 1. The van der Waals surface area contributed by atoms with Gasteiger partial charge in [0.05, 0.1) is 93.4 Å². The Morgan fingerprint density at radius 1 is 0.473 bits per heavy atom. The van der Waals surface area contributed by atoms with Crippen LogP contribution in [-0.2, 0) is 0 Å². The highest BCUT2D eigenvalue weighted by atomic mass is 16.5. The van der Waals surface area contributed by atoms with Gasteiger partial charge in [0.1, 0.15) is 87.9 Å². The maximum absolute atomic E-state index is 9.51. The molecule has 30 heteroatoms. The molecule has 4 fully saturated rings. The Bertz CT molecular complexity index is 4340. The summed E-state index contributed by atoms with van der Waals surface area (Å²) in [5.74, 6) is 5.32. The number of anilines is 6. The molecule has 2 unspecified atom stereocenters. The summed E-state index contributed by atoms with van der Waals surface area (Å²) < 4.78 is 42.8. The third-order valence-corrected chi connectivity index (χ3v) is 17.0. The Balaban J connectivity index is 0.797. The molecule has 8 atom stereocenters. The number of nitriles is 3. The van der Waals surface area contributed by atoms with E-state index in [1.54, 1.807) is 20.3 Å². The number of pyridine rings is 3. The first-order valence-electron chi connectivity index (χ1n) is 30.5. The van der Waals surface area contributed by atoms with Gasteiger partial charge >= 0.3 is 0 Å². The SMILES string of the molecule is COc1nc(C)cc(O[C@@H]2CCC(n3nc(Nc4cnc(C#N)cn4)cc3-c3c(O[C@H]4CCC(n5nc(Nc6cnc(C#N)cn6)cc5-c5c(O[C@H]6CC[C@@H]6N)cc(C6CC6)nc5OC)C[C@@H]4N)cc(C)nc3OC)C[C@H]2N)c1-c1cc(Nc2cnc(C#N)cn2)n[nH]1. The molecule has 0 saturated heterocycles. The van der Waals surface area contributed by atoms with Gasteiger partial charge in [-0.05, 0) is 78.1 Å². The standard InChI is InChI=1S/C63H66N24O6/c1-31-14-49(58(61(76-31)88-3)43-19-52(83-82-43)79-55-28-70-34(22-64)25-73-55)92-47-11-8-37(16-40(47)68)86-44(20-53(84-86)80-56-29-71-35(23-65)26-74-56)59-50(15-32(2)77-62(59)89-4)93-48-12-9-38(17-41(48)69)87-45(21-54(85-87)81-57-30-72-36(24-66)27-75-57)60-51(91-46-13-10-39(46)67)18-42(33-6-7-33)78-63(60)90-5/h14-15,18-21,25-30,33,37-41,46-48H,6-13,16-17,67-69H2,1-5H3,(H,74,80,84)(H,75,81,85)(H2,73,79,82,83)/t37?,38?,39-,40+,41-,46-,47+,48-/m0/s1. The van der Waals surface area contributed by atoms with Crippen molar-refractivity contribution < 1.29 is 28.4 Å². The molecule has 4 aliphatic carbocycles. The molecule has 0 amide bonds. The van der Waals surface area contributed by atoms with Crippen LogP contribution in [0.25, 0.3) is 33.8 Å². The van der Waals surface area contributed by atoms with E-state index in [0.717, 1.165) is 31.4 Å². The van der Waals surface area contributed by atoms with Gasteiger partial charge in [-0.3, -0.25) is 14.5 Å². The Morgan fingerprint density at radius 3 is 1.31 bits per heavy atom. The molecule has 4 aliphatic rings. The van der Waals surface area contributed by atoms with Gasteiger partial charge < -0.3 is 61.6 Å². The Kier molecular flexibility index (Phi) is 17.0. The molecule has 93 heavy (non-hydrogen) atoms. The molecule has 9 aromatic rings. The fraction of sp³-hybridized carbons (Fsp3) is 0.381. The van der Waals surface area contributed by atoms with Crippen molar-refractivity contribution in [1.29, 1.82) is 15.8 Å². The van der Waals surface area contributed by atoms with Crippen molar-refractivity contribution >= 4 is 34.9 Å². The lowest BCUT2D eigenvalue weighted by atomic mass is 9.88. The second-order valence-corrected chi connectivity index (χ2v) is 23.4. The summed E-state index contributed by atoms with van der Waals surface area (Å²) >= 11 is 0. The van der Waals surface area contributed by atoms with E-state index in [1.807, 2.05) is 71.8 Å². The molecular formula is C63H66N24O6. The Morgan fingerprint density at radius 2 is 0.903 bits per heavy atom. The molecule has 0 bridgehead atoms. The lowest BCUT2D eigenvalue weighted by molar-refractivity contribution is 0.0931. The van der Waals surface area contributed by atoms with Gasteiger partial charge in [-0.2, -0.15) is 31.1 Å². The highest BCUT2D eigenvalue weighted by molar-refractivity contribution is 5.78. The molecule has 9 aromatic heterocycles. The number of ether oxygens (including phenoxy) is 6. The largest absolute Gasteiger partial charge is 0.488 e. The summed E-state index contributed by atoms with van der Waals surface area (Å²) in [5.41, 5.74) is 27.3. The molecular weight excluding hydrogens is 1190 g/mol. The molecule has 9 heterocycles. The van der Waals surface area contributed by atoms with E-state index in [1.165, 1.54) is 44.3 Å². The third kappa shape index (κ3) is 12.8. The van der Waals surface area contributed by atoms with Crippen LogP contribution in [0.1, 0.15) is 116 Å². The predicted octanol–water partition coefficient (Wildman–Crippen LogP) is 7.59. The number of nitrogens with zero attached hydrogens (tertiary/aromatic N) is 17. The van der Waals surface area contributed by atoms with Crippen molar-refractivity contribution in [2.24, 2.45) is 17.2 Å². The van der Waals surface area contributed by atoms with E-state index < -0.39 is 24.3 Å². The van der Waals surface area contributed by atoms with E-state index in [4.69, 9.17) is 65.8 Å². The monoisotopic (exact) mass is 1250 g/mol. The second kappa shape index (κ2) is 26.0. The maximum atomic E-state index is 9.51. The van der Waals surface area contributed by atoms with Gasteiger partial charge in [-0.25, -0.2) is 44.9 Å². The molecule has 30 nitrogen and oxygen atoms in total. The van der Waals surface area contributed by atoms with Crippen molar-refractivity contribution in [2.45, 2.75) is 132 Å². The van der Waals surface area contributed by atoms with Crippen molar-refractivity contribution in [2.75, 3.05) is 37.3 Å². The fourth-order valence-corrected chi connectivity index (χ4v) is 12.1. The molecule has 474 valence electrons. The lowest BCUT2D eigenvalue weighted by Gasteiger charge is -2.36. The summed E-state index contributed by atoms with van der Waals surface area (Å²) in [7, 11) is 4.70. The van der Waals surface area contributed by atoms with Crippen molar-refractivity contribution in [3.8, 4) is 86.9 Å². The first-order chi connectivity index (χ1) is 45.2. The Labute approximate surface area is 533 Å². The number of nitrogens with two attached hydrogens (primary N) is 3. The summed E-state index contributed by atoms with van der Waals surface area (Å²) in [5, 5.41) is 55.7. The highest BCUT2D eigenvalue weighted by Gasteiger charge is 2.39. The van der Waals surface area contributed by atoms with Gasteiger partial charge in [-0.1, -0.05) is 0 Å². The number of rotatable bonds is 21. The zero-order chi connectivity index (χ0) is 64.4. The van der Waals surface area contributed by atoms with E-state index in [9.17, 15) is 15.8 Å². The summed E-state index contributed by atoms with van der Waals surface area (Å²) in [6.07, 6.45) is 14.1. The number of nitrogens with one attached hydrogen (secondary N) is 4. The number of aryl methyl sites for hydroxylation is 2. The topological polar surface area (TPSA) is 421 Å². The summed E-state index contributed by atoms with van der Waals surface area (Å²) in [6, 6.07) is 15.6. The van der Waals surface area contributed by atoms with E-state index >= 15 is 0 Å². The van der Waals surface area contributed by atoms with Crippen LogP contribution in [0.15, 0.2) is 73.6 Å². The normalized spacial score (nSPS) is 20.8. The van der Waals surface area contributed by atoms with Crippen LogP contribution in [0.3, 0.4) is 0 Å². The van der Waals surface area contributed by atoms with Crippen LogP contribution in [0.2, 0.25) is 0 Å². The first-order valence-corrected chi connectivity index (χ1v) is 30.5. The van der Waals surface area contributed by atoms with Crippen LogP contribution in [0, 0.1) is 47.8 Å². The van der Waals surface area contributed by atoms with Crippen LogP contribution in [0.5, 0.6) is 34.9 Å². The molecule has 0 aromatic carbocycles. The fourth-order valence-electron chi connectivity index (χ4n) is 12.1. The van der Waals surface area contributed by atoms with E-state index in [-0.39, 0.29) is 41.3 Å².